The van der Waals surface area contributed by atoms with Crippen LogP contribution in [0.25, 0.3) is 64.7 Å². The van der Waals surface area contributed by atoms with Crippen LogP contribution in [0.5, 0.6) is 0 Å². The lowest BCUT2D eigenvalue weighted by Crippen LogP contribution is -1.89. The van der Waals surface area contributed by atoms with Gasteiger partial charge in [0, 0.05) is 20.2 Å². The molecule has 7 aromatic rings. The lowest BCUT2D eigenvalue weighted by Gasteiger charge is -2.15. The van der Waals surface area contributed by atoms with Gasteiger partial charge in [-0.3, -0.25) is 0 Å². The zero-order valence-corrected chi connectivity index (χ0v) is 21.1. The van der Waals surface area contributed by atoms with E-state index >= 15 is 0 Å². The molecule has 0 atom stereocenters. The predicted octanol–water partition coefficient (Wildman–Crippen LogP) is 10.7. The van der Waals surface area contributed by atoms with Gasteiger partial charge in [-0.15, -0.1) is 11.3 Å². The largest absolute Gasteiger partial charge is 0.135 e. The minimum Gasteiger partial charge on any atom is -0.135 e. The molecule has 1 aromatic heterocycles. The average Bonchev–Trinajstić information content (AvgIpc) is 3.37. The molecule has 0 bridgehead atoms. The maximum atomic E-state index is 2.35. The van der Waals surface area contributed by atoms with Crippen molar-refractivity contribution in [1.82, 2.24) is 0 Å². The molecule has 0 spiro atoms. The monoisotopic (exact) mass is 488 g/mol. The summed E-state index contributed by atoms with van der Waals surface area (Å²) in [6, 6.07) is 52.6. The van der Waals surface area contributed by atoms with Crippen LogP contribution < -0.4 is 0 Å². The Kier molecular flexibility index (Phi) is 5.42. The van der Waals surface area contributed by atoms with Crippen molar-refractivity contribution in [2.45, 2.75) is 0 Å². The second-order valence-electron chi connectivity index (χ2n) is 9.32. The van der Waals surface area contributed by atoms with E-state index in [1.165, 1.54) is 64.7 Å². The van der Waals surface area contributed by atoms with E-state index in [0.717, 1.165) is 0 Å². The smallest absolute Gasteiger partial charge is 0.0433 e. The zero-order chi connectivity index (χ0) is 24.6. The second kappa shape index (κ2) is 9.20. The van der Waals surface area contributed by atoms with Gasteiger partial charge in [0.05, 0.1) is 0 Å². The van der Waals surface area contributed by atoms with Gasteiger partial charge in [0.15, 0.2) is 0 Å². The number of rotatable bonds is 4. The molecule has 37 heavy (non-hydrogen) atoms. The second-order valence-corrected chi connectivity index (χ2v) is 10.4. The zero-order valence-electron chi connectivity index (χ0n) is 20.3. The van der Waals surface area contributed by atoms with Gasteiger partial charge in [0.25, 0.3) is 0 Å². The van der Waals surface area contributed by atoms with Crippen molar-refractivity contribution in [2.75, 3.05) is 0 Å². The Bertz CT molecular complexity index is 1870. The Labute approximate surface area is 221 Å². The Morgan fingerprint density at radius 1 is 0.324 bits per heavy atom. The molecular formula is C36H24S. The van der Waals surface area contributed by atoms with Crippen LogP contribution in [-0.4, -0.2) is 0 Å². The fourth-order valence-corrected chi connectivity index (χ4v) is 6.62. The molecule has 0 unspecified atom stereocenters. The summed E-state index contributed by atoms with van der Waals surface area (Å²) in [4.78, 5) is 0. The summed E-state index contributed by atoms with van der Waals surface area (Å²) in [7, 11) is 0. The Morgan fingerprint density at radius 3 is 1.57 bits per heavy atom. The first kappa shape index (κ1) is 21.8. The number of thiophene rings is 1. The van der Waals surface area contributed by atoms with Crippen LogP contribution >= 0.6 is 11.3 Å². The lowest BCUT2D eigenvalue weighted by molar-refractivity contribution is 1.56. The van der Waals surface area contributed by atoms with E-state index in [1.54, 1.807) is 0 Å². The maximum Gasteiger partial charge on any atom is 0.0433 e. The molecule has 1 heteroatoms. The molecular weight excluding hydrogens is 464 g/mol. The van der Waals surface area contributed by atoms with Gasteiger partial charge in [-0.2, -0.15) is 0 Å². The van der Waals surface area contributed by atoms with Gasteiger partial charge in [-0.25, -0.2) is 0 Å². The van der Waals surface area contributed by atoms with Gasteiger partial charge >= 0.3 is 0 Å². The Hall–Kier alpha value is -4.46. The molecule has 0 N–H and O–H groups in total. The van der Waals surface area contributed by atoms with Crippen molar-refractivity contribution in [3.05, 3.63) is 146 Å². The van der Waals surface area contributed by atoms with Crippen molar-refractivity contribution in [1.29, 1.82) is 0 Å². The first-order chi connectivity index (χ1) is 18.4. The summed E-state index contributed by atoms with van der Waals surface area (Å²) in [5.74, 6) is 0. The molecule has 0 aliphatic rings. The molecule has 7 rings (SSSR count). The first-order valence-electron chi connectivity index (χ1n) is 12.6. The Balaban J connectivity index is 1.39. The third-order valence-electron chi connectivity index (χ3n) is 7.12. The average molecular weight is 489 g/mol. The topological polar surface area (TPSA) is 0 Å². The molecule has 0 aliphatic carbocycles. The standard InChI is InChI=1S/C36H24S/c1-2-12-25(13-3-1)28-16-4-6-18-31(28)32-19-7-5-17-29(32)26-14-10-15-27(24-26)30-21-11-22-34-33-20-8-9-23-35(33)37-36(30)34/h1-24H. The van der Waals surface area contributed by atoms with Gasteiger partial charge in [0.1, 0.15) is 0 Å². The van der Waals surface area contributed by atoms with Crippen LogP contribution in [0.4, 0.5) is 0 Å². The van der Waals surface area contributed by atoms with Crippen molar-refractivity contribution in [3.63, 3.8) is 0 Å². The van der Waals surface area contributed by atoms with E-state index in [4.69, 9.17) is 0 Å². The maximum absolute atomic E-state index is 2.35. The number of hydrogen-bond acceptors (Lipinski definition) is 1. The molecule has 0 nitrogen and oxygen atoms in total. The van der Waals surface area contributed by atoms with E-state index in [-0.39, 0.29) is 0 Å². The minimum absolute atomic E-state index is 1.23. The molecule has 174 valence electrons. The van der Waals surface area contributed by atoms with Crippen molar-refractivity contribution in [3.8, 4) is 44.5 Å². The van der Waals surface area contributed by atoms with Crippen LogP contribution in [0.3, 0.4) is 0 Å². The third-order valence-corrected chi connectivity index (χ3v) is 8.34. The van der Waals surface area contributed by atoms with E-state index in [0.29, 0.717) is 0 Å². The summed E-state index contributed by atoms with van der Waals surface area (Å²) < 4.78 is 2.69. The van der Waals surface area contributed by atoms with Crippen LogP contribution in [-0.2, 0) is 0 Å². The lowest BCUT2D eigenvalue weighted by atomic mass is 9.88. The highest BCUT2D eigenvalue weighted by Gasteiger charge is 2.14. The summed E-state index contributed by atoms with van der Waals surface area (Å²) in [5, 5.41) is 2.67. The molecule has 0 fully saturated rings. The van der Waals surface area contributed by atoms with Crippen LogP contribution in [0, 0.1) is 0 Å². The van der Waals surface area contributed by atoms with Gasteiger partial charge in [-0.1, -0.05) is 133 Å². The van der Waals surface area contributed by atoms with Gasteiger partial charge in [-0.05, 0) is 56.6 Å². The number of benzene rings is 6. The van der Waals surface area contributed by atoms with Gasteiger partial charge < -0.3 is 0 Å². The molecule has 0 saturated carbocycles. The molecule has 0 amide bonds. The fraction of sp³-hybridized carbons (Fsp3) is 0. The number of hydrogen-bond donors (Lipinski definition) is 0. The third kappa shape index (κ3) is 3.85. The summed E-state index contributed by atoms with van der Waals surface area (Å²) in [5.41, 5.74) is 10.0. The van der Waals surface area contributed by atoms with Crippen molar-refractivity contribution in [2.24, 2.45) is 0 Å². The molecule has 0 saturated heterocycles. The first-order valence-corrected chi connectivity index (χ1v) is 13.4. The predicted molar refractivity (Wildman–Crippen MR) is 161 cm³/mol. The van der Waals surface area contributed by atoms with Crippen LogP contribution in [0.15, 0.2) is 146 Å². The molecule has 6 aromatic carbocycles. The number of fused-ring (bicyclic) bond motifs is 3. The van der Waals surface area contributed by atoms with Crippen LogP contribution in [0.1, 0.15) is 0 Å². The van der Waals surface area contributed by atoms with E-state index < -0.39 is 0 Å². The van der Waals surface area contributed by atoms with Gasteiger partial charge in [0.2, 0.25) is 0 Å². The van der Waals surface area contributed by atoms with E-state index in [2.05, 4.69) is 146 Å². The highest BCUT2D eigenvalue weighted by atomic mass is 32.1. The summed E-state index contributed by atoms with van der Waals surface area (Å²) in [6.45, 7) is 0. The van der Waals surface area contributed by atoms with E-state index in [1.807, 2.05) is 11.3 Å². The Morgan fingerprint density at radius 2 is 0.811 bits per heavy atom. The highest BCUT2D eigenvalue weighted by Crippen LogP contribution is 2.42. The summed E-state index contributed by atoms with van der Waals surface area (Å²) >= 11 is 1.88. The van der Waals surface area contributed by atoms with Crippen molar-refractivity contribution >= 4 is 31.5 Å². The van der Waals surface area contributed by atoms with Crippen LogP contribution in [0.2, 0.25) is 0 Å². The normalized spacial score (nSPS) is 11.2. The fourth-order valence-electron chi connectivity index (χ4n) is 5.39. The summed E-state index contributed by atoms with van der Waals surface area (Å²) in [6.07, 6.45) is 0. The van der Waals surface area contributed by atoms with Crippen molar-refractivity contribution < 1.29 is 0 Å². The van der Waals surface area contributed by atoms with E-state index in [9.17, 15) is 0 Å². The molecule has 0 radical (unpaired) electrons. The molecule has 0 aliphatic heterocycles. The minimum atomic E-state index is 1.23. The quantitative estimate of drug-likeness (QED) is 0.231. The SMILES string of the molecule is c1ccc(-c2ccccc2-c2ccccc2-c2cccc(-c3cccc4c3sc3ccccc34)c2)cc1. The highest BCUT2D eigenvalue weighted by molar-refractivity contribution is 7.26. The molecule has 1 heterocycles.